The highest BCUT2D eigenvalue weighted by molar-refractivity contribution is 5.80. The monoisotopic (exact) mass is 194 g/mol. The second-order valence-electron chi connectivity index (χ2n) is 4.47. The van der Waals surface area contributed by atoms with E-state index in [0.717, 1.165) is 32.5 Å². The van der Waals surface area contributed by atoms with Crippen LogP contribution in [0.25, 0.3) is 0 Å². The van der Waals surface area contributed by atoms with Crippen molar-refractivity contribution in [1.29, 1.82) is 0 Å². The second kappa shape index (κ2) is 3.73. The summed E-state index contributed by atoms with van der Waals surface area (Å²) in [5.74, 6) is 0.407. The molecule has 0 radical (unpaired) electrons. The molecular weight excluding hydrogens is 176 g/mol. The molecule has 3 heteroatoms. The lowest BCUT2D eigenvalue weighted by molar-refractivity contribution is -0.136. The Morgan fingerprint density at radius 1 is 1.57 bits per heavy atom. The Labute approximate surface area is 85.2 Å². The van der Waals surface area contributed by atoms with Gasteiger partial charge in [-0.05, 0) is 19.4 Å². The molecule has 14 heavy (non-hydrogen) atoms. The maximum absolute atomic E-state index is 12.0. The number of hydrogen-bond acceptors (Lipinski definition) is 2. The molecule has 1 unspecified atom stereocenters. The van der Waals surface area contributed by atoms with E-state index in [2.05, 4.69) is 11.9 Å². The summed E-state index contributed by atoms with van der Waals surface area (Å²) in [4.78, 5) is 14.0. The third kappa shape index (κ3) is 1.69. The Morgan fingerprint density at radius 3 is 3.14 bits per heavy atom. The minimum absolute atomic E-state index is 0.115. The fraction of sp³-hybridized carbons (Fsp3) is 0.727. The van der Waals surface area contributed by atoms with Gasteiger partial charge in [0.2, 0.25) is 5.91 Å². The van der Waals surface area contributed by atoms with Crippen LogP contribution in [0.15, 0.2) is 12.2 Å². The molecule has 0 bridgehead atoms. The van der Waals surface area contributed by atoms with Crippen molar-refractivity contribution < 1.29 is 4.79 Å². The van der Waals surface area contributed by atoms with Gasteiger partial charge in [0.05, 0.1) is 0 Å². The molecule has 2 saturated heterocycles. The van der Waals surface area contributed by atoms with E-state index in [0.29, 0.717) is 11.9 Å². The average molecular weight is 194 g/mol. The maximum Gasteiger partial charge on any atom is 0.227 e. The standard InChI is InChI=1S/C11H18N2O/c1-8-5-10-3-4-12-6-9(2)11(14)13(10)7-8/h9-10,12H,1,3-7H2,2H3/t9-,10?/m0/s1. The zero-order chi connectivity index (χ0) is 10.1. The third-order valence-electron chi connectivity index (χ3n) is 3.17. The van der Waals surface area contributed by atoms with Gasteiger partial charge >= 0.3 is 0 Å². The number of nitrogens with one attached hydrogen (secondary N) is 1. The number of amides is 1. The van der Waals surface area contributed by atoms with Crippen LogP contribution >= 0.6 is 0 Å². The first-order chi connectivity index (χ1) is 6.68. The predicted octanol–water partition coefficient (Wildman–Crippen LogP) is 0.773. The molecule has 3 nitrogen and oxygen atoms in total. The molecule has 2 atom stereocenters. The lowest BCUT2D eigenvalue weighted by Gasteiger charge is -2.30. The molecule has 0 aliphatic carbocycles. The molecule has 1 N–H and O–H groups in total. The van der Waals surface area contributed by atoms with E-state index in [4.69, 9.17) is 0 Å². The fourth-order valence-corrected chi connectivity index (χ4v) is 2.35. The van der Waals surface area contributed by atoms with Crippen molar-refractivity contribution in [2.24, 2.45) is 5.92 Å². The van der Waals surface area contributed by atoms with Crippen molar-refractivity contribution in [2.45, 2.75) is 25.8 Å². The summed E-state index contributed by atoms with van der Waals surface area (Å²) >= 11 is 0. The van der Waals surface area contributed by atoms with Crippen LogP contribution in [-0.4, -0.2) is 36.5 Å². The summed E-state index contributed by atoms with van der Waals surface area (Å²) in [6.07, 6.45) is 2.07. The van der Waals surface area contributed by atoms with Crippen molar-refractivity contribution in [1.82, 2.24) is 10.2 Å². The van der Waals surface area contributed by atoms with Gasteiger partial charge in [0.15, 0.2) is 0 Å². The zero-order valence-electron chi connectivity index (χ0n) is 8.75. The molecule has 0 saturated carbocycles. The maximum atomic E-state index is 12.0. The quantitative estimate of drug-likeness (QED) is 0.578. The Bertz CT molecular complexity index is 262. The van der Waals surface area contributed by atoms with E-state index in [-0.39, 0.29) is 5.92 Å². The van der Waals surface area contributed by atoms with Gasteiger partial charge in [0.25, 0.3) is 0 Å². The Balaban J connectivity index is 2.14. The molecule has 0 aromatic heterocycles. The number of rotatable bonds is 0. The third-order valence-corrected chi connectivity index (χ3v) is 3.17. The van der Waals surface area contributed by atoms with E-state index in [1.807, 2.05) is 11.8 Å². The molecular formula is C11H18N2O. The van der Waals surface area contributed by atoms with E-state index in [1.54, 1.807) is 0 Å². The Kier molecular flexibility index (Phi) is 2.59. The number of nitrogens with zero attached hydrogens (tertiary/aromatic N) is 1. The molecule has 2 aliphatic rings. The number of hydrogen-bond donors (Lipinski definition) is 1. The van der Waals surface area contributed by atoms with E-state index >= 15 is 0 Å². The first-order valence-electron chi connectivity index (χ1n) is 5.36. The largest absolute Gasteiger partial charge is 0.335 e. The lowest BCUT2D eigenvalue weighted by atomic mass is 10.1. The first-order valence-corrected chi connectivity index (χ1v) is 5.36. The van der Waals surface area contributed by atoms with Crippen molar-refractivity contribution in [3.63, 3.8) is 0 Å². The van der Waals surface area contributed by atoms with Crippen LogP contribution in [0.4, 0.5) is 0 Å². The molecule has 2 fully saturated rings. The minimum atomic E-state index is 0.115. The van der Waals surface area contributed by atoms with E-state index in [1.165, 1.54) is 5.57 Å². The highest BCUT2D eigenvalue weighted by Crippen LogP contribution is 2.26. The summed E-state index contributed by atoms with van der Waals surface area (Å²) in [5, 5.41) is 3.32. The lowest BCUT2D eigenvalue weighted by Crippen LogP contribution is -2.45. The highest BCUT2D eigenvalue weighted by atomic mass is 16.2. The van der Waals surface area contributed by atoms with Gasteiger partial charge in [-0.15, -0.1) is 0 Å². The molecule has 2 rings (SSSR count). The summed E-state index contributed by atoms with van der Waals surface area (Å²) in [6.45, 7) is 8.60. The van der Waals surface area contributed by atoms with E-state index < -0.39 is 0 Å². The predicted molar refractivity (Wildman–Crippen MR) is 55.9 cm³/mol. The van der Waals surface area contributed by atoms with Gasteiger partial charge in [0.1, 0.15) is 0 Å². The topological polar surface area (TPSA) is 32.3 Å². The van der Waals surface area contributed by atoms with Gasteiger partial charge < -0.3 is 10.2 Å². The summed E-state index contributed by atoms with van der Waals surface area (Å²) in [7, 11) is 0. The first kappa shape index (κ1) is 9.71. The van der Waals surface area contributed by atoms with Crippen LogP contribution in [0.5, 0.6) is 0 Å². The normalized spacial score (nSPS) is 33.9. The molecule has 0 aromatic carbocycles. The Morgan fingerprint density at radius 2 is 2.36 bits per heavy atom. The average Bonchev–Trinajstić information content (AvgIpc) is 2.51. The van der Waals surface area contributed by atoms with Crippen molar-refractivity contribution >= 4 is 5.91 Å². The van der Waals surface area contributed by atoms with Gasteiger partial charge in [-0.3, -0.25) is 4.79 Å². The van der Waals surface area contributed by atoms with Crippen molar-refractivity contribution in [2.75, 3.05) is 19.6 Å². The summed E-state index contributed by atoms with van der Waals surface area (Å²) in [6, 6.07) is 0.408. The number of fused-ring (bicyclic) bond motifs is 1. The van der Waals surface area contributed by atoms with Crippen molar-refractivity contribution in [3.05, 3.63) is 12.2 Å². The van der Waals surface area contributed by atoms with E-state index in [9.17, 15) is 4.79 Å². The zero-order valence-corrected chi connectivity index (χ0v) is 8.75. The molecule has 1 amide bonds. The van der Waals surface area contributed by atoms with Crippen LogP contribution in [0.3, 0.4) is 0 Å². The summed E-state index contributed by atoms with van der Waals surface area (Å²) in [5.41, 5.74) is 1.21. The van der Waals surface area contributed by atoms with Gasteiger partial charge in [-0.2, -0.15) is 0 Å². The van der Waals surface area contributed by atoms with Gasteiger partial charge in [-0.25, -0.2) is 0 Å². The van der Waals surface area contributed by atoms with Crippen LogP contribution in [0.1, 0.15) is 19.8 Å². The van der Waals surface area contributed by atoms with Gasteiger partial charge in [0, 0.05) is 25.0 Å². The Hall–Kier alpha value is -0.830. The minimum Gasteiger partial charge on any atom is -0.335 e. The van der Waals surface area contributed by atoms with Crippen LogP contribution in [-0.2, 0) is 4.79 Å². The van der Waals surface area contributed by atoms with Crippen LogP contribution in [0, 0.1) is 5.92 Å². The summed E-state index contributed by atoms with van der Waals surface area (Å²) < 4.78 is 0. The van der Waals surface area contributed by atoms with Crippen LogP contribution < -0.4 is 5.32 Å². The van der Waals surface area contributed by atoms with Crippen molar-refractivity contribution in [3.8, 4) is 0 Å². The molecule has 0 spiro atoms. The SMILES string of the molecule is C=C1CC2CCNC[C@H](C)C(=O)N2C1. The highest BCUT2D eigenvalue weighted by Gasteiger charge is 2.33. The second-order valence-corrected chi connectivity index (χ2v) is 4.47. The van der Waals surface area contributed by atoms with Gasteiger partial charge in [-0.1, -0.05) is 19.1 Å². The smallest absolute Gasteiger partial charge is 0.227 e. The molecule has 78 valence electrons. The number of carbonyl (C=O) groups excluding carboxylic acids is 1. The molecule has 0 aromatic rings. The molecule has 2 aliphatic heterocycles. The fourth-order valence-electron chi connectivity index (χ4n) is 2.35. The number of carbonyl (C=O) groups is 1. The van der Waals surface area contributed by atoms with Crippen LogP contribution in [0.2, 0.25) is 0 Å². The molecule has 2 heterocycles.